The van der Waals surface area contributed by atoms with Crippen LogP contribution in [0.1, 0.15) is 24.5 Å². The van der Waals surface area contributed by atoms with Gasteiger partial charge in [-0.3, -0.25) is 4.79 Å². The summed E-state index contributed by atoms with van der Waals surface area (Å²) >= 11 is 0. The van der Waals surface area contributed by atoms with E-state index in [4.69, 9.17) is 4.74 Å². The SMILES string of the molecule is CCOC(=O)C=Cc1cccc2c1CCC(=O)N2. The minimum absolute atomic E-state index is 0.0361. The van der Waals surface area contributed by atoms with Crippen LogP contribution in [0.4, 0.5) is 5.69 Å². The second-order valence-electron chi connectivity index (χ2n) is 4.01. The molecular formula is C14H15NO3. The van der Waals surface area contributed by atoms with E-state index in [2.05, 4.69) is 5.32 Å². The number of ether oxygens (including phenoxy) is 1. The topological polar surface area (TPSA) is 55.4 Å². The van der Waals surface area contributed by atoms with E-state index in [0.717, 1.165) is 16.8 Å². The Hall–Kier alpha value is -2.10. The minimum atomic E-state index is -0.352. The lowest BCUT2D eigenvalue weighted by molar-refractivity contribution is -0.137. The fourth-order valence-electron chi connectivity index (χ4n) is 1.96. The Balaban J connectivity index is 2.22. The molecule has 1 aromatic carbocycles. The van der Waals surface area contributed by atoms with Crippen molar-refractivity contribution in [3.8, 4) is 0 Å². The summed E-state index contributed by atoms with van der Waals surface area (Å²) in [6.07, 6.45) is 4.33. The highest BCUT2D eigenvalue weighted by atomic mass is 16.5. The summed E-state index contributed by atoms with van der Waals surface area (Å²) in [5, 5.41) is 2.82. The summed E-state index contributed by atoms with van der Waals surface area (Å²) in [5.41, 5.74) is 2.84. The first-order valence-electron chi connectivity index (χ1n) is 5.97. The number of carbonyl (C=O) groups is 2. The first-order valence-corrected chi connectivity index (χ1v) is 5.97. The molecule has 1 N–H and O–H groups in total. The van der Waals surface area contributed by atoms with Gasteiger partial charge in [0.1, 0.15) is 0 Å². The first-order chi connectivity index (χ1) is 8.70. The summed E-state index contributed by atoms with van der Waals surface area (Å²) in [6, 6.07) is 5.65. The van der Waals surface area contributed by atoms with E-state index in [1.54, 1.807) is 13.0 Å². The van der Waals surface area contributed by atoms with E-state index in [-0.39, 0.29) is 11.9 Å². The third kappa shape index (κ3) is 2.77. The lowest BCUT2D eigenvalue weighted by atomic mass is 9.97. The van der Waals surface area contributed by atoms with Gasteiger partial charge in [-0.05, 0) is 36.6 Å². The Bertz CT molecular complexity index is 506. The zero-order valence-electron chi connectivity index (χ0n) is 10.2. The van der Waals surface area contributed by atoms with Crippen LogP contribution in [0.3, 0.4) is 0 Å². The van der Waals surface area contributed by atoms with Gasteiger partial charge in [-0.1, -0.05) is 12.1 Å². The van der Waals surface area contributed by atoms with Gasteiger partial charge in [-0.15, -0.1) is 0 Å². The van der Waals surface area contributed by atoms with Gasteiger partial charge in [0.25, 0.3) is 0 Å². The van der Waals surface area contributed by atoms with Gasteiger partial charge >= 0.3 is 5.97 Å². The molecule has 1 aliphatic rings. The Morgan fingerprint density at radius 1 is 1.44 bits per heavy atom. The normalized spacial score (nSPS) is 14.2. The molecule has 94 valence electrons. The predicted molar refractivity (Wildman–Crippen MR) is 69.1 cm³/mol. The maximum Gasteiger partial charge on any atom is 0.330 e. The molecule has 1 heterocycles. The third-order valence-electron chi connectivity index (χ3n) is 2.77. The molecule has 0 aromatic heterocycles. The molecule has 0 unspecified atom stereocenters. The average molecular weight is 245 g/mol. The van der Waals surface area contributed by atoms with Gasteiger partial charge < -0.3 is 10.1 Å². The maximum absolute atomic E-state index is 11.3. The largest absolute Gasteiger partial charge is 0.463 e. The standard InChI is InChI=1S/C14H15NO3/c1-2-18-14(17)9-6-10-4-3-5-12-11(10)7-8-13(16)15-12/h3-6,9H,2,7-8H2,1H3,(H,15,16). The fourth-order valence-corrected chi connectivity index (χ4v) is 1.96. The number of amides is 1. The van der Waals surface area contributed by atoms with Crippen molar-refractivity contribution in [1.82, 2.24) is 0 Å². The maximum atomic E-state index is 11.3. The molecule has 0 radical (unpaired) electrons. The molecular weight excluding hydrogens is 230 g/mol. The van der Waals surface area contributed by atoms with Crippen molar-refractivity contribution >= 4 is 23.6 Å². The summed E-state index contributed by atoms with van der Waals surface area (Å²) in [4.78, 5) is 22.5. The number of esters is 1. The molecule has 1 amide bonds. The molecule has 0 spiro atoms. The van der Waals surface area contributed by atoms with Gasteiger partial charge in [0.05, 0.1) is 6.61 Å². The lowest BCUT2D eigenvalue weighted by Crippen LogP contribution is -2.19. The van der Waals surface area contributed by atoms with Crippen LogP contribution in [0.2, 0.25) is 0 Å². The summed E-state index contributed by atoms with van der Waals surface area (Å²) in [6.45, 7) is 2.14. The molecule has 0 atom stereocenters. The number of fused-ring (bicyclic) bond motifs is 1. The second-order valence-corrected chi connectivity index (χ2v) is 4.01. The number of rotatable bonds is 3. The van der Waals surface area contributed by atoms with Crippen LogP contribution < -0.4 is 5.32 Å². The van der Waals surface area contributed by atoms with Crippen LogP contribution in [0.15, 0.2) is 24.3 Å². The van der Waals surface area contributed by atoms with Crippen LogP contribution in [0.25, 0.3) is 6.08 Å². The smallest absolute Gasteiger partial charge is 0.330 e. The van der Waals surface area contributed by atoms with Crippen molar-refractivity contribution in [3.05, 3.63) is 35.4 Å². The minimum Gasteiger partial charge on any atom is -0.463 e. The molecule has 0 saturated carbocycles. The molecule has 18 heavy (non-hydrogen) atoms. The Kier molecular flexibility index (Phi) is 3.77. The van der Waals surface area contributed by atoms with Crippen molar-refractivity contribution in [3.63, 3.8) is 0 Å². The van der Waals surface area contributed by atoms with Crippen molar-refractivity contribution in [2.45, 2.75) is 19.8 Å². The van der Waals surface area contributed by atoms with E-state index in [9.17, 15) is 9.59 Å². The van der Waals surface area contributed by atoms with Crippen molar-refractivity contribution in [2.24, 2.45) is 0 Å². The average Bonchev–Trinajstić information content (AvgIpc) is 2.36. The van der Waals surface area contributed by atoms with Crippen molar-refractivity contribution in [2.75, 3.05) is 11.9 Å². The van der Waals surface area contributed by atoms with Gasteiger partial charge in [0, 0.05) is 18.2 Å². The van der Waals surface area contributed by atoms with Crippen LogP contribution >= 0.6 is 0 Å². The first kappa shape index (κ1) is 12.4. The summed E-state index contributed by atoms with van der Waals surface area (Å²) in [7, 11) is 0. The lowest BCUT2D eigenvalue weighted by Gasteiger charge is -2.18. The molecule has 4 nitrogen and oxygen atoms in total. The van der Waals surface area contributed by atoms with E-state index in [1.807, 2.05) is 18.2 Å². The van der Waals surface area contributed by atoms with Gasteiger partial charge in [0.15, 0.2) is 0 Å². The molecule has 0 aliphatic carbocycles. The number of carbonyl (C=O) groups excluding carboxylic acids is 2. The number of anilines is 1. The molecule has 4 heteroatoms. The van der Waals surface area contributed by atoms with Gasteiger partial charge in [-0.25, -0.2) is 4.79 Å². The van der Waals surface area contributed by atoms with E-state index in [1.165, 1.54) is 6.08 Å². The van der Waals surface area contributed by atoms with Crippen LogP contribution in [-0.2, 0) is 20.7 Å². The second kappa shape index (κ2) is 5.49. The van der Waals surface area contributed by atoms with Crippen molar-refractivity contribution in [1.29, 1.82) is 0 Å². The highest BCUT2D eigenvalue weighted by Crippen LogP contribution is 2.26. The molecule has 1 aliphatic heterocycles. The number of hydrogen-bond acceptors (Lipinski definition) is 3. The fraction of sp³-hybridized carbons (Fsp3) is 0.286. The highest BCUT2D eigenvalue weighted by Gasteiger charge is 2.16. The number of hydrogen-bond donors (Lipinski definition) is 1. The molecule has 0 saturated heterocycles. The third-order valence-corrected chi connectivity index (χ3v) is 2.77. The van der Waals surface area contributed by atoms with Gasteiger partial charge in [0.2, 0.25) is 5.91 Å². The Labute approximate surface area is 106 Å². The van der Waals surface area contributed by atoms with E-state index < -0.39 is 0 Å². The molecule has 2 rings (SSSR count). The van der Waals surface area contributed by atoms with E-state index >= 15 is 0 Å². The van der Waals surface area contributed by atoms with Gasteiger partial charge in [-0.2, -0.15) is 0 Å². The van der Waals surface area contributed by atoms with Crippen LogP contribution in [0, 0.1) is 0 Å². The molecule has 0 fully saturated rings. The van der Waals surface area contributed by atoms with E-state index in [0.29, 0.717) is 19.4 Å². The Morgan fingerprint density at radius 2 is 2.28 bits per heavy atom. The molecule has 1 aromatic rings. The quantitative estimate of drug-likeness (QED) is 0.655. The summed E-state index contributed by atoms with van der Waals surface area (Å²) in [5.74, 6) is -0.316. The monoisotopic (exact) mass is 245 g/mol. The Morgan fingerprint density at radius 3 is 3.06 bits per heavy atom. The zero-order chi connectivity index (χ0) is 13.0. The van der Waals surface area contributed by atoms with Crippen molar-refractivity contribution < 1.29 is 14.3 Å². The zero-order valence-corrected chi connectivity index (χ0v) is 10.2. The predicted octanol–water partition coefficient (Wildman–Crippen LogP) is 2.15. The highest BCUT2D eigenvalue weighted by molar-refractivity contribution is 5.95. The summed E-state index contributed by atoms with van der Waals surface area (Å²) < 4.78 is 4.83. The number of benzene rings is 1. The van der Waals surface area contributed by atoms with Crippen LogP contribution in [0.5, 0.6) is 0 Å². The van der Waals surface area contributed by atoms with Crippen LogP contribution in [-0.4, -0.2) is 18.5 Å². The number of nitrogens with one attached hydrogen (secondary N) is 1. The molecule has 0 bridgehead atoms.